The lowest BCUT2D eigenvalue weighted by atomic mass is 9.97. The minimum atomic E-state index is -0.844. The number of carboxylic acids is 1. The van der Waals surface area contributed by atoms with Crippen molar-refractivity contribution in [2.24, 2.45) is 0 Å². The number of amides is 1. The topological polar surface area (TPSA) is 96.5 Å². The van der Waals surface area contributed by atoms with Gasteiger partial charge in [-0.05, 0) is 44.2 Å². The van der Waals surface area contributed by atoms with Crippen molar-refractivity contribution in [1.82, 2.24) is 15.0 Å². The van der Waals surface area contributed by atoms with Crippen molar-refractivity contribution in [1.29, 1.82) is 0 Å². The highest BCUT2D eigenvalue weighted by atomic mass is 19.1. The van der Waals surface area contributed by atoms with Crippen molar-refractivity contribution in [3.05, 3.63) is 35.5 Å². The number of aromatic nitrogens is 2. The first-order valence-electron chi connectivity index (χ1n) is 9.54. The van der Waals surface area contributed by atoms with Gasteiger partial charge in [0.15, 0.2) is 0 Å². The molecule has 2 aromatic rings. The van der Waals surface area contributed by atoms with Crippen LogP contribution in [0.25, 0.3) is 11.4 Å². The molecule has 1 N–H and O–H groups in total. The van der Waals surface area contributed by atoms with Gasteiger partial charge in [-0.2, -0.15) is 4.98 Å². The number of benzene rings is 1. The number of likely N-dealkylation sites (tertiary alicyclic amines) is 1. The Labute approximate surface area is 162 Å². The molecule has 1 fully saturated rings. The number of hydrogen-bond acceptors (Lipinski definition) is 5. The maximum atomic E-state index is 13.7. The second kappa shape index (κ2) is 8.95. The van der Waals surface area contributed by atoms with Crippen molar-refractivity contribution in [2.45, 2.75) is 57.9 Å². The van der Waals surface area contributed by atoms with Crippen LogP contribution in [0.1, 0.15) is 50.0 Å². The normalized spacial score (nSPS) is 16.9. The van der Waals surface area contributed by atoms with E-state index in [2.05, 4.69) is 10.1 Å². The van der Waals surface area contributed by atoms with Crippen LogP contribution in [0, 0.1) is 12.7 Å². The SMILES string of the molecule is Cc1ccc(-c2noc(CCC(=O)N3CCCCC3CCC(=O)O)n2)cc1F. The molecule has 1 aromatic heterocycles. The molecular weight excluding hydrogens is 365 g/mol. The van der Waals surface area contributed by atoms with Crippen LogP contribution < -0.4 is 0 Å². The predicted octanol–water partition coefficient (Wildman–Crippen LogP) is 3.36. The average molecular weight is 389 g/mol. The number of carbonyl (C=O) groups is 2. The van der Waals surface area contributed by atoms with E-state index in [1.54, 1.807) is 24.0 Å². The number of nitrogens with zero attached hydrogens (tertiary/aromatic N) is 3. The number of piperidine rings is 1. The highest BCUT2D eigenvalue weighted by Crippen LogP contribution is 2.23. The summed E-state index contributed by atoms with van der Waals surface area (Å²) in [6.07, 6.45) is 3.82. The Morgan fingerprint density at radius 3 is 2.89 bits per heavy atom. The summed E-state index contributed by atoms with van der Waals surface area (Å²) >= 11 is 0. The van der Waals surface area contributed by atoms with Crippen molar-refractivity contribution in [2.75, 3.05) is 6.54 Å². The quantitative estimate of drug-likeness (QED) is 0.780. The summed E-state index contributed by atoms with van der Waals surface area (Å²) in [4.78, 5) is 29.5. The van der Waals surface area contributed by atoms with Crippen LogP contribution in [0.5, 0.6) is 0 Å². The number of aliphatic carboxylic acids is 1. The van der Waals surface area contributed by atoms with Gasteiger partial charge >= 0.3 is 5.97 Å². The third-order valence-electron chi connectivity index (χ3n) is 5.09. The minimum Gasteiger partial charge on any atom is -0.481 e. The molecule has 1 amide bonds. The molecule has 1 aromatic carbocycles. The number of carbonyl (C=O) groups excluding carboxylic acids is 1. The van der Waals surface area contributed by atoms with Gasteiger partial charge in [0.1, 0.15) is 5.82 Å². The van der Waals surface area contributed by atoms with E-state index in [0.29, 0.717) is 42.2 Å². The molecule has 0 radical (unpaired) electrons. The summed E-state index contributed by atoms with van der Waals surface area (Å²) in [6.45, 7) is 2.33. The fourth-order valence-electron chi connectivity index (χ4n) is 3.48. The van der Waals surface area contributed by atoms with E-state index in [1.807, 2.05) is 0 Å². The van der Waals surface area contributed by atoms with Gasteiger partial charge in [0, 0.05) is 37.4 Å². The second-order valence-electron chi connectivity index (χ2n) is 7.14. The van der Waals surface area contributed by atoms with Crippen LogP contribution >= 0.6 is 0 Å². The Hall–Kier alpha value is -2.77. The number of carboxylic acid groups (broad SMARTS) is 1. The zero-order chi connectivity index (χ0) is 20.1. The van der Waals surface area contributed by atoms with Gasteiger partial charge in [0.2, 0.25) is 17.6 Å². The predicted molar refractivity (Wildman–Crippen MR) is 99.0 cm³/mol. The Morgan fingerprint density at radius 2 is 2.14 bits per heavy atom. The van der Waals surface area contributed by atoms with Crippen LogP contribution in [0.3, 0.4) is 0 Å². The molecular formula is C20H24FN3O4. The van der Waals surface area contributed by atoms with Gasteiger partial charge in [0.25, 0.3) is 0 Å². The fraction of sp³-hybridized carbons (Fsp3) is 0.500. The van der Waals surface area contributed by atoms with E-state index in [1.165, 1.54) is 6.07 Å². The molecule has 1 saturated heterocycles. The molecule has 2 heterocycles. The van der Waals surface area contributed by atoms with Gasteiger partial charge in [0.05, 0.1) is 0 Å². The average Bonchev–Trinajstić information content (AvgIpc) is 3.16. The maximum absolute atomic E-state index is 13.7. The van der Waals surface area contributed by atoms with Crippen molar-refractivity contribution in [3.63, 3.8) is 0 Å². The maximum Gasteiger partial charge on any atom is 0.303 e. The Bertz CT molecular complexity index is 852. The van der Waals surface area contributed by atoms with Crippen LogP contribution in [-0.4, -0.2) is 44.6 Å². The summed E-state index contributed by atoms with van der Waals surface area (Å²) in [7, 11) is 0. The number of aryl methyl sites for hydroxylation is 2. The molecule has 0 bridgehead atoms. The Morgan fingerprint density at radius 1 is 1.32 bits per heavy atom. The molecule has 3 rings (SSSR count). The van der Waals surface area contributed by atoms with Crippen LogP contribution in [0.4, 0.5) is 4.39 Å². The molecule has 8 heteroatoms. The summed E-state index contributed by atoms with van der Waals surface area (Å²) in [5.74, 6) is -0.598. The molecule has 1 unspecified atom stereocenters. The first kappa shape index (κ1) is 20.0. The molecule has 7 nitrogen and oxygen atoms in total. The van der Waals surface area contributed by atoms with Gasteiger partial charge in [-0.3, -0.25) is 9.59 Å². The zero-order valence-corrected chi connectivity index (χ0v) is 15.9. The summed E-state index contributed by atoms with van der Waals surface area (Å²) in [6, 6.07) is 4.71. The van der Waals surface area contributed by atoms with E-state index in [4.69, 9.17) is 9.63 Å². The summed E-state index contributed by atoms with van der Waals surface area (Å²) < 4.78 is 18.9. The fourth-order valence-corrected chi connectivity index (χ4v) is 3.48. The molecule has 150 valence electrons. The number of halogens is 1. The first-order valence-corrected chi connectivity index (χ1v) is 9.54. The molecule has 0 aliphatic carbocycles. The van der Waals surface area contributed by atoms with Gasteiger partial charge < -0.3 is 14.5 Å². The van der Waals surface area contributed by atoms with E-state index in [-0.39, 0.29) is 30.6 Å². The third kappa shape index (κ3) is 4.94. The van der Waals surface area contributed by atoms with Crippen LogP contribution in [0.15, 0.2) is 22.7 Å². The zero-order valence-electron chi connectivity index (χ0n) is 15.9. The van der Waals surface area contributed by atoms with Crippen LogP contribution in [0.2, 0.25) is 0 Å². The van der Waals surface area contributed by atoms with Gasteiger partial charge in [-0.15, -0.1) is 0 Å². The monoisotopic (exact) mass is 389 g/mol. The Kier molecular flexibility index (Phi) is 6.38. The largest absolute Gasteiger partial charge is 0.481 e. The van der Waals surface area contributed by atoms with E-state index < -0.39 is 5.97 Å². The van der Waals surface area contributed by atoms with E-state index >= 15 is 0 Å². The lowest BCUT2D eigenvalue weighted by molar-refractivity contribution is -0.140. The van der Waals surface area contributed by atoms with Gasteiger partial charge in [-0.25, -0.2) is 4.39 Å². The smallest absolute Gasteiger partial charge is 0.303 e. The molecule has 1 atom stereocenters. The molecule has 1 aliphatic rings. The second-order valence-corrected chi connectivity index (χ2v) is 7.14. The van der Waals surface area contributed by atoms with Gasteiger partial charge in [-0.1, -0.05) is 17.3 Å². The standard InChI is InChI=1S/C20H24FN3O4/c1-13-5-6-14(12-16(13)21)20-22-17(28-23-20)8-9-18(25)24-11-3-2-4-15(24)7-10-19(26)27/h5-6,12,15H,2-4,7-11H2,1H3,(H,26,27). The van der Waals surface area contributed by atoms with E-state index in [0.717, 1.165) is 19.3 Å². The van der Waals surface area contributed by atoms with Crippen LogP contribution in [-0.2, 0) is 16.0 Å². The van der Waals surface area contributed by atoms with Crippen molar-refractivity contribution in [3.8, 4) is 11.4 Å². The lowest BCUT2D eigenvalue weighted by Crippen LogP contribution is -2.44. The van der Waals surface area contributed by atoms with Crippen molar-refractivity contribution < 1.29 is 23.6 Å². The highest BCUT2D eigenvalue weighted by Gasteiger charge is 2.27. The molecule has 1 aliphatic heterocycles. The Balaban J connectivity index is 1.58. The molecule has 0 saturated carbocycles. The van der Waals surface area contributed by atoms with E-state index in [9.17, 15) is 14.0 Å². The first-order chi connectivity index (χ1) is 13.4. The number of rotatable bonds is 7. The minimum absolute atomic E-state index is 0.0221. The summed E-state index contributed by atoms with van der Waals surface area (Å²) in [5.41, 5.74) is 1.06. The molecule has 28 heavy (non-hydrogen) atoms. The number of hydrogen-bond donors (Lipinski definition) is 1. The molecule has 0 spiro atoms. The summed E-state index contributed by atoms with van der Waals surface area (Å²) in [5, 5.41) is 12.8. The lowest BCUT2D eigenvalue weighted by Gasteiger charge is -2.35. The van der Waals surface area contributed by atoms with Crippen molar-refractivity contribution >= 4 is 11.9 Å². The third-order valence-corrected chi connectivity index (χ3v) is 5.09. The highest BCUT2D eigenvalue weighted by molar-refractivity contribution is 5.77.